The average molecular weight is 404 g/mol. The maximum atomic E-state index is 12.1. The zero-order chi connectivity index (χ0) is 21.5. The Labute approximate surface area is 171 Å². The van der Waals surface area contributed by atoms with E-state index in [4.69, 9.17) is 14.4 Å². The molecule has 2 aromatic carbocycles. The van der Waals surface area contributed by atoms with E-state index in [0.717, 1.165) is 0 Å². The summed E-state index contributed by atoms with van der Waals surface area (Å²) in [5.41, 5.74) is 3.48. The fourth-order valence-electron chi connectivity index (χ4n) is 2.54. The number of furan rings is 1. The summed E-state index contributed by atoms with van der Waals surface area (Å²) in [5, 5.41) is 23.5. The highest BCUT2D eigenvalue weighted by atomic mass is 16.6. The molecule has 0 saturated carbocycles. The largest absolute Gasteiger partial charge is 0.486 e. The molecular weight excluding hydrogens is 388 g/mol. The highest BCUT2D eigenvalue weighted by molar-refractivity contribution is 5.95. The fraction of sp³-hybridized carbons (Fsp3) is 0.0952. The molecule has 9 heteroatoms. The minimum absolute atomic E-state index is 0.0543. The van der Waals surface area contributed by atoms with E-state index in [-0.39, 0.29) is 17.9 Å². The van der Waals surface area contributed by atoms with Gasteiger partial charge in [0.1, 0.15) is 23.9 Å². The third kappa shape index (κ3) is 5.08. The Balaban J connectivity index is 1.53. The summed E-state index contributed by atoms with van der Waals surface area (Å²) < 4.78 is 11.1. The molecule has 0 aliphatic rings. The Morgan fingerprint density at radius 3 is 2.70 bits per heavy atom. The molecule has 150 valence electrons. The smallest absolute Gasteiger partial charge is 0.272 e. The quantitative estimate of drug-likeness (QED) is 0.363. The number of nitro benzene ring substituents is 1. The van der Waals surface area contributed by atoms with E-state index in [0.29, 0.717) is 28.4 Å². The number of benzene rings is 2. The van der Waals surface area contributed by atoms with Gasteiger partial charge in [0.05, 0.1) is 22.8 Å². The van der Waals surface area contributed by atoms with Crippen molar-refractivity contribution in [1.29, 1.82) is 5.26 Å². The number of nitriles is 1. The normalized spacial score (nSPS) is 10.5. The lowest BCUT2D eigenvalue weighted by Crippen LogP contribution is -2.17. The Kier molecular flexibility index (Phi) is 6.20. The number of nitrogens with one attached hydrogen (secondary N) is 1. The van der Waals surface area contributed by atoms with Crippen LogP contribution in [0.15, 0.2) is 64.1 Å². The maximum Gasteiger partial charge on any atom is 0.272 e. The molecule has 0 unspecified atom stereocenters. The fourth-order valence-corrected chi connectivity index (χ4v) is 2.54. The average Bonchev–Trinajstić information content (AvgIpc) is 3.20. The number of nitro groups is 1. The van der Waals surface area contributed by atoms with Gasteiger partial charge in [-0.3, -0.25) is 14.9 Å². The third-order valence-electron chi connectivity index (χ3n) is 4.06. The summed E-state index contributed by atoms with van der Waals surface area (Å²) in [6, 6.07) is 16.2. The predicted molar refractivity (Wildman–Crippen MR) is 107 cm³/mol. The topological polar surface area (TPSA) is 131 Å². The number of hydrazone groups is 1. The second-order valence-electron chi connectivity index (χ2n) is 6.19. The van der Waals surface area contributed by atoms with Gasteiger partial charge in [0.15, 0.2) is 0 Å². The first kappa shape index (κ1) is 20.3. The molecule has 1 amide bonds. The molecule has 0 radical (unpaired) electrons. The second kappa shape index (κ2) is 9.16. The lowest BCUT2D eigenvalue weighted by atomic mass is 10.1. The van der Waals surface area contributed by atoms with Gasteiger partial charge >= 0.3 is 0 Å². The number of nitrogens with zero attached hydrogens (tertiary/aromatic N) is 3. The van der Waals surface area contributed by atoms with Crippen molar-refractivity contribution in [3.05, 3.63) is 92.9 Å². The van der Waals surface area contributed by atoms with Gasteiger partial charge < -0.3 is 9.15 Å². The van der Waals surface area contributed by atoms with Crippen molar-refractivity contribution < 1.29 is 18.9 Å². The Morgan fingerprint density at radius 1 is 1.27 bits per heavy atom. The number of amides is 1. The van der Waals surface area contributed by atoms with Crippen LogP contribution in [0, 0.1) is 28.4 Å². The van der Waals surface area contributed by atoms with Crippen LogP contribution in [0.2, 0.25) is 0 Å². The molecule has 0 saturated heterocycles. The Morgan fingerprint density at radius 2 is 2.03 bits per heavy atom. The van der Waals surface area contributed by atoms with Crippen LogP contribution in [0.1, 0.15) is 33.0 Å². The van der Waals surface area contributed by atoms with Gasteiger partial charge in [-0.05, 0) is 55.5 Å². The SMILES string of the molecule is Cc1cc(C(=O)N/N=C\c2ccc(COc3ccc(C#N)cc3)o2)ccc1[N+](=O)[O-]. The molecule has 1 N–H and O–H groups in total. The molecule has 1 heterocycles. The van der Waals surface area contributed by atoms with Crippen molar-refractivity contribution in [1.82, 2.24) is 5.43 Å². The summed E-state index contributed by atoms with van der Waals surface area (Å²) in [5.74, 6) is 1.07. The highest BCUT2D eigenvalue weighted by Gasteiger charge is 2.13. The van der Waals surface area contributed by atoms with Gasteiger partial charge in [-0.2, -0.15) is 10.4 Å². The van der Waals surface area contributed by atoms with Crippen molar-refractivity contribution in [3.63, 3.8) is 0 Å². The molecule has 1 aromatic heterocycles. The number of aryl methyl sites for hydroxylation is 1. The van der Waals surface area contributed by atoms with Crippen LogP contribution in [0.5, 0.6) is 5.75 Å². The van der Waals surface area contributed by atoms with E-state index < -0.39 is 10.8 Å². The molecule has 3 rings (SSSR count). The van der Waals surface area contributed by atoms with Gasteiger partial charge in [-0.15, -0.1) is 0 Å². The van der Waals surface area contributed by atoms with Crippen molar-refractivity contribution in [2.75, 3.05) is 0 Å². The summed E-state index contributed by atoms with van der Waals surface area (Å²) in [7, 11) is 0. The van der Waals surface area contributed by atoms with Crippen LogP contribution in [-0.2, 0) is 6.61 Å². The molecule has 0 aliphatic carbocycles. The lowest BCUT2D eigenvalue weighted by Gasteiger charge is -2.03. The van der Waals surface area contributed by atoms with Crippen molar-refractivity contribution in [2.45, 2.75) is 13.5 Å². The van der Waals surface area contributed by atoms with Crippen molar-refractivity contribution in [2.24, 2.45) is 5.10 Å². The summed E-state index contributed by atoms with van der Waals surface area (Å²) in [4.78, 5) is 22.4. The second-order valence-corrected chi connectivity index (χ2v) is 6.19. The molecule has 9 nitrogen and oxygen atoms in total. The van der Waals surface area contributed by atoms with E-state index >= 15 is 0 Å². The Bertz CT molecular complexity index is 1140. The molecule has 0 atom stereocenters. The first-order chi connectivity index (χ1) is 14.5. The van der Waals surface area contributed by atoms with Crippen LogP contribution < -0.4 is 10.2 Å². The number of hydrogen-bond acceptors (Lipinski definition) is 7. The molecule has 0 fully saturated rings. The molecule has 0 spiro atoms. The van der Waals surface area contributed by atoms with Gasteiger partial charge in [-0.25, -0.2) is 5.43 Å². The highest BCUT2D eigenvalue weighted by Crippen LogP contribution is 2.19. The monoisotopic (exact) mass is 404 g/mol. The van der Waals surface area contributed by atoms with Crippen LogP contribution in [0.4, 0.5) is 5.69 Å². The van der Waals surface area contributed by atoms with E-state index in [2.05, 4.69) is 10.5 Å². The lowest BCUT2D eigenvalue weighted by molar-refractivity contribution is -0.385. The molecule has 0 bridgehead atoms. The molecule has 30 heavy (non-hydrogen) atoms. The van der Waals surface area contributed by atoms with E-state index in [1.165, 1.54) is 24.4 Å². The number of rotatable bonds is 7. The minimum Gasteiger partial charge on any atom is -0.486 e. The van der Waals surface area contributed by atoms with Crippen molar-refractivity contribution >= 4 is 17.8 Å². The number of carbonyl (C=O) groups is 1. The zero-order valence-corrected chi connectivity index (χ0v) is 15.9. The van der Waals surface area contributed by atoms with Crippen LogP contribution in [0.25, 0.3) is 0 Å². The maximum absolute atomic E-state index is 12.1. The van der Waals surface area contributed by atoms with E-state index in [1.807, 2.05) is 6.07 Å². The Hall–Kier alpha value is -4.45. The standard InChI is InChI=1S/C21H16N4O5/c1-14-10-16(4-9-20(14)25(27)28)21(26)24-23-12-18-7-8-19(30-18)13-29-17-5-2-15(11-22)3-6-17/h2-10,12H,13H2,1H3,(H,24,26)/b23-12-. The van der Waals surface area contributed by atoms with Crippen molar-refractivity contribution in [3.8, 4) is 11.8 Å². The van der Waals surface area contributed by atoms with Crippen LogP contribution >= 0.6 is 0 Å². The number of carbonyl (C=O) groups excluding carboxylic acids is 1. The molecule has 3 aromatic rings. The minimum atomic E-state index is -0.505. The first-order valence-electron chi connectivity index (χ1n) is 8.76. The summed E-state index contributed by atoms with van der Waals surface area (Å²) in [6.07, 6.45) is 1.33. The van der Waals surface area contributed by atoms with Crippen LogP contribution in [-0.4, -0.2) is 17.0 Å². The first-order valence-corrected chi connectivity index (χ1v) is 8.76. The van der Waals surface area contributed by atoms with E-state index in [1.54, 1.807) is 43.3 Å². The number of hydrogen-bond donors (Lipinski definition) is 1. The van der Waals surface area contributed by atoms with Gasteiger partial charge in [0, 0.05) is 17.2 Å². The van der Waals surface area contributed by atoms with Gasteiger partial charge in [0.2, 0.25) is 0 Å². The predicted octanol–water partition coefficient (Wildman–Crippen LogP) is 3.71. The van der Waals surface area contributed by atoms with Gasteiger partial charge in [-0.1, -0.05) is 0 Å². The van der Waals surface area contributed by atoms with Gasteiger partial charge in [0.25, 0.3) is 11.6 Å². The third-order valence-corrected chi connectivity index (χ3v) is 4.06. The van der Waals surface area contributed by atoms with E-state index in [9.17, 15) is 14.9 Å². The molecule has 0 aliphatic heterocycles. The zero-order valence-electron chi connectivity index (χ0n) is 15.9. The van der Waals surface area contributed by atoms with Crippen LogP contribution in [0.3, 0.4) is 0 Å². The number of ether oxygens (including phenoxy) is 1. The summed E-state index contributed by atoms with van der Waals surface area (Å²) in [6.45, 7) is 1.75. The summed E-state index contributed by atoms with van der Waals surface area (Å²) >= 11 is 0. The molecular formula is C21H16N4O5.